The van der Waals surface area contributed by atoms with E-state index in [1.165, 1.54) is 32.4 Å². The van der Waals surface area contributed by atoms with E-state index in [2.05, 4.69) is 24.1 Å². The molecule has 10 nitrogen and oxygen atoms in total. The smallest absolute Gasteiger partial charge is 1.00 e. The van der Waals surface area contributed by atoms with E-state index in [1.807, 2.05) is 0 Å². The monoisotopic (exact) mass is 683 g/mol. The minimum atomic E-state index is -2.60. The minimum absolute atomic E-state index is 0. The van der Waals surface area contributed by atoms with Gasteiger partial charge >= 0.3 is 63.3 Å². The summed E-state index contributed by atoms with van der Waals surface area (Å²) in [5.74, 6) is 1.52. The van der Waals surface area contributed by atoms with Gasteiger partial charge in [-0.05, 0) is 50.3 Å². The molecular weight excluding hydrogens is 629 g/mol. The molecule has 0 bridgehead atoms. The molecule has 0 fully saturated rings. The summed E-state index contributed by atoms with van der Waals surface area (Å²) < 4.78 is 10.4. The van der Waals surface area contributed by atoms with E-state index in [0.717, 1.165) is 38.5 Å². The summed E-state index contributed by atoms with van der Waals surface area (Å²) in [5.41, 5.74) is -1.93. The second-order valence-electron chi connectivity index (χ2n) is 11.4. The number of hydrogen-bond acceptors (Lipinski definition) is 8. The van der Waals surface area contributed by atoms with Crippen LogP contribution < -0.4 is 61.4 Å². The van der Waals surface area contributed by atoms with Crippen LogP contribution in [0, 0.1) is 17.8 Å². The Morgan fingerprint density at radius 2 is 1.62 bits per heavy atom. The van der Waals surface area contributed by atoms with Crippen molar-refractivity contribution in [2.45, 2.75) is 115 Å². The fourth-order valence-electron chi connectivity index (χ4n) is 5.00. The number of rotatable bonds is 25. The third kappa shape index (κ3) is 18.3. The van der Waals surface area contributed by atoms with Gasteiger partial charge in [-0.2, -0.15) is 0 Å². The quantitative estimate of drug-likeness (QED) is 0.0398. The summed E-state index contributed by atoms with van der Waals surface area (Å²) in [7, 11) is 1.18. The first-order chi connectivity index (χ1) is 22.1. The fourth-order valence-corrected chi connectivity index (χ4v) is 5.00. The van der Waals surface area contributed by atoms with Crippen molar-refractivity contribution in [3.63, 3.8) is 0 Å². The number of methoxy groups -OCH3 is 1. The molecule has 47 heavy (non-hydrogen) atoms. The summed E-state index contributed by atoms with van der Waals surface area (Å²) in [5, 5.41) is 32.9. The number of hydrogen-bond donors (Lipinski definition) is 4. The molecule has 0 unspecified atom stereocenters. The van der Waals surface area contributed by atoms with Crippen molar-refractivity contribution in [2.24, 2.45) is 5.92 Å². The van der Waals surface area contributed by atoms with Crippen molar-refractivity contribution in [1.29, 1.82) is 0 Å². The summed E-state index contributed by atoms with van der Waals surface area (Å²) in [6.45, 7) is 3.43. The number of aliphatic carboxylic acids is 1. The van der Waals surface area contributed by atoms with Gasteiger partial charge in [0.25, 0.3) is 0 Å². The van der Waals surface area contributed by atoms with E-state index in [0.29, 0.717) is 36.4 Å². The molecule has 0 saturated heterocycles. The zero-order valence-corrected chi connectivity index (χ0v) is 31.8. The van der Waals surface area contributed by atoms with Crippen LogP contribution in [0.2, 0.25) is 0 Å². The third-order valence-corrected chi connectivity index (χ3v) is 7.78. The van der Waals surface area contributed by atoms with E-state index in [9.17, 15) is 34.5 Å². The van der Waals surface area contributed by atoms with Gasteiger partial charge in [0.1, 0.15) is 24.2 Å². The van der Waals surface area contributed by atoms with Gasteiger partial charge in [0, 0.05) is 32.3 Å². The maximum Gasteiger partial charge on any atom is 1.00 e. The van der Waals surface area contributed by atoms with Crippen molar-refractivity contribution < 1.29 is 96.8 Å². The Labute approximate surface area is 324 Å². The van der Waals surface area contributed by atoms with E-state index in [4.69, 9.17) is 9.47 Å². The molecule has 0 spiro atoms. The van der Waals surface area contributed by atoms with Crippen LogP contribution in [0.1, 0.15) is 104 Å². The van der Waals surface area contributed by atoms with Crippen LogP contribution in [0.5, 0.6) is 5.75 Å². The number of benzene rings is 1. The molecule has 0 aliphatic carbocycles. The first kappa shape index (κ1) is 45.0. The van der Waals surface area contributed by atoms with Crippen LogP contribution in [0.3, 0.4) is 0 Å². The maximum atomic E-state index is 13.4. The number of amides is 1. The van der Waals surface area contributed by atoms with Crippen LogP contribution in [0.4, 0.5) is 0 Å². The molecule has 1 amide bonds. The Hall–Kier alpha value is -2.04. The van der Waals surface area contributed by atoms with E-state index < -0.39 is 48.4 Å². The molecule has 0 aromatic heterocycles. The zero-order chi connectivity index (χ0) is 34.2. The van der Waals surface area contributed by atoms with Gasteiger partial charge < -0.3 is 31.5 Å². The number of ketones is 1. The Bertz CT molecular complexity index is 1170. The van der Waals surface area contributed by atoms with Crippen LogP contribution >= 0.6 is 0 Å². The second-order valence-corrected chi connectivity index (χ2v) is 11.4. The Morgan fingerprint density at radius 3 is 2.17 bits per heavy atom. The molecular formula is C36H54KNO9. The van der Waals surface area contributed by atoms with Crippen molar-refractivity contribution in [1.82, 2.24) is 5.32 Å². The number of aliphatic hydroxyl groups is 2. The number of unbranched alkanes of at least 4 members (excludes halogenated alkanes) is 8. The van der Waals surface area contributed by atoms with Crippen LogP contribution in [-0.2, 0) is 30.3 Å². The maximum absolute atomic E-state index is 13.4. The minimum Gasteiger partial charge on any atom is -1.00 e. The van der Waals surface area contributed by atoms with Crippen LogP contribution in [0.15, 0.2) is 36.4 Å². The number of nitrogens with one attached hydrogen (secondary N) is 1. The average Bonchev–Trinajstić information content (AvgIpc) is 3.04. The normalized spacial score (nSPS) is 13.3. The van der Waals surface area contributed by atoms with Crippen molar-refractivity contribution in [3.05, 3.63) is 42.0 Å². The number of carboxylic acids is 1. The number of aliphatic hydroxyl groups excluding tert-OH is 1. The fraction of sp³-hybridized carbons (Fsp3) is 0.611. The summed E-state index contributed by atoms with van der Waals surface area (Å²) in [6.07, 6.45) is 13.0. The van der Waals surface area contributed by atoms with Crippen LogP contribution in [-0.4, -0.2) is 70.9 Å². The third-order valence-electron chi connectivity index (χ3n) is 7.78. The van der Waals surface area contributed by atoms with E-state index >= 15 is 0 Å². The average molecular weight is 684 g/mol. The number of esters is 1. The number of carboxylic acid groups (broad SMARTS) is 1. The number of carbonyl (C=O) groups excluding carboxylic acids is 3. The van der Waals surface area contributed by atoms with E-state index in [-0.39, 0.29) is 65.8 Å². The summed E-state index contributed by atoms with van der Waals surface area (Å²) >= 11 is 0. The molecule has 0 aliphatic heterocycles. The van der Waals surface area contributed by atoms with Gasteiger partial charge in [0.15, 0.2) is 5.60 Å². The van der Waals surface area contributed by atoms with Crippen LogP contribution in [0.25, 0.3) is 0 Å². The van der Waals surface area contributed by atoms with E-state index in [1.54, 1.807) is 37.3 Å². The number of allylic oxidation sites excluding steroid dienone is 1. The van der Waals surface area contributed by atoms with Gasteiger partial charge in [-0.15, -0.1) is 5.92 Å². The first-order valence-corrected chi connectivity index (χ1v) is 16.4. The molecule has 0 heterocycles. The molecule has 258 valence electrons. The number of Topliss-reactive ketones (excluding diaryl/α,β-unsaturated/α-hetero) is 1. The standard InChI is InChI=1S/C36H53NO9.K.H/c1-4-6-8-11-14-17-29(39)18-15-12-9-10-13-16-19-31(36(44,24-25-38)35(42)43)33(40)37-32(34(41)45-3)27-28-20-22-30(23-21-28)46-26-7-5-2;;/h16,19-23,31-32,38,44H,4,6,8-15,17-18,24-27H2,1-3H3,(H,37,40)(H,42,43);;/q;+1;-1/b19-16+;;/t31-,32+,36+;;/m1../s1. The predicted octanol–water partition coefficient (Wildman–Crippen LogP) is 2.05. The van der Waals surface area contributed by atoms with Crippen molar-refractivity contribution >= 4 is 23.6 Å². The van der Waals surface area contributed by atoms with Gasteiger partial charge in [0.2, 0.25) is 5.91 Å². The molecule has 3 atom stereocenters. The molecule has 11 heteroatoms. The Balaban J connectivity index is 0. The Kier molecular flexibility index (Phi) is 25.7. The van der Waals surface area contributed by atoms with Gasteiger partial charge in [-0.25, -0.2) is 9.59 Å². The zero-order valence-electron chi connectivity index (χ0n) is 29.7. The molecule has 1 aromatic rings. The molecule has 1 aromatic carbocycles. The molecule has 0 saturated carbocycles. The molecule has 1 rings (SSSR count). The van der Waals surface area contributed by atoms with Crippen molar-refractivity contribution in [3.8, 4) is 17.6 Å². The molecule has 4 N–H and O–H groups in total. The largest absolute Gasteiger partial charge is 1.00 e. The Morgan fingerprint density at radius 1 is 1.00 bits per heavy atom. The number of ether oxygens (including phenoxy) is 2. The topological polar surface area (TPSA) is 159 Å². The van der Waals surface area contributed by atoms with Gasteiger partial charge in [-0.1, -0.05) is 75.7 Å². The SMILES string of the molecule is CC#CCOc1ccc(C[C@H](NC(=O)[C@@H](/C=C/CCCCCCC(=O)CCCCCCC)[C@@](O)(CCO)C(=O)O)C(=O)OC)cc1.[H-].[K+]. The predicted molar refractivity (Wildman–Crippen MR) is 177 cm³/mol. The van der Waals surface area contributed by atoms with Gasteiger partial charge in [0.05, 0.1) is 13.0 Å². The van der Waals surface area contributed by atoms with Crippen molar-refractivity contribution in [2.75, 3.05) is 20.3 Å². The summed E-state index contributed by atoms with van der Waals surface area (Å²) in [6, 6.07) is 5.67. The van der Waals surface area contributed by atoms with Gasteiger partial charge in [-0.3, -0.25) is 9.59 Å². The molecule has 0 radical (unpaired) electrons. The summed E-state index contributed by atoms with van der Waals surface area (Å²) in [4.78, 5) is 50.2. The first-order valence-electron chi connectivity index (χ1n) is 16.4. The number of carbonyl (C=O) groups is 4. The molecule has 0 aliphatic rings. The second kappa shape index (κ2) is 26.9.